The first-order chi connectivity index (χ1) is 14.1. The number of carboxylic acids is 1. The van der Waals surface area contributed by atoms with E-state index in [2.05, 4.69) is 6.07 Å². The van der Waals surface area contributed by atoms with Gasteiger partial charge in [-0.1, -0.05) is 0 Å². The Labute approximate surface area is 176 Å². The molecule has 2 rings (SSSR count). The number of allylic oxidation sites excluding steroid dienone is 2. The van der Waals surface area contributed by atoms with E-state index >= 15 is 0 Å². The van der Waals surface area contributed by atoms with Crippen molar-refractivity contribution in [3.05, 3.63) is 21.7 Å². The lowest BCUT2D eigenvalue weighted by Gasteiger charge is -2.19. The molecule has 0 unspecified atom stereocenters. The second kappa shape index (κ2) is 11.2. The molecule has 2 aliphatic heterocycles. The molecule has 0 aliphatic carbocycles. The molecule has 2 heterocycles. The van der Waals surface area contributed by atoms with Crippen molar-refractivity contribution in [2.45, 2.75) is 6.42 Å². The van der Waals surface area contributed by atoms with Crippen molar-refractivity contribution in [3.8, 4) is 18.2 Å². The summed E-state index contributed by atoms with van der Waals surface area (Å²) in [6.45, 7) is 2.31. The average molecular weight is 433 g/mol. The molecule has 0 bridgehead atoms. The Kier molecular flexibility index (Phi) is 8.60. The van der Waals surface area contributed by atoms with E-state index in [0.29, 0.717) is 47.7 Å². The zero-order chi connectivity index (χ0) is 21.2. The molecule has 150 valence electrons. The summed E-state index contributed by atoms with van der Waals surface area (Å²) in [6.07, 6.45) is -0.0861. The minimum Gasteiger partial charge on any atom is -0.481 e. The highest BCUT2D eigenvalue weighted by Crippen LogP contribution is 2.34. The predicted octanol–water partition coefficient (Wildman–Crippen LogP) is 0.920. The number of nitrogens with zero attached hydrogens (tertiary/aromatic N) is 5. The summed E-state index contributed by atoms with van der Waals surface area (Å²) in [6, 6.07) is 6.11. The third kappa shape index (κ3) is 5.54. The van der Waals surface area contributed by atoms with E-state index in [1.54, 1.807) is 4.58 Å². The van der Waals surface area contributed by atoms with Crippen LogP contribution in [0.3, 0.4) is 0 Å². The molecule has 1 N–H and O–H groups in total. The van der Waals surface area contributed by atoms with Gasteiger partial charge in [-0.05, 0) is 11.8 Å². The van der Waals surface area contributed by atoms with Crippen LogP contribution in [-0.4, -0.2) is 76.4 Å². The monoisotopic (exact) mass is 432 g/mol. The van der Waals surface area contributed by atoms with E-state index in [0.717, 1.165) is 0 Å². The fourth-order valence-electron chi connectivity index (χ4n) is 2.88. The Morgan fingerprint density at radius 1 is 1.24 bits per heavy atom. The van der Waals surface area contributed by atoms with Gasteiger partial charge in [0.05, 0.1) is 22.9 Å². The largest absolute Gasteiger partial charge is 0.481 e. The summed E-state index contributed by atoms with van der Waals surface area (Å²) in [7, 11) is 0. The maximum Gasteiger partial charge on any atom is 0.309 e. The predicted molar refractivity (Wildman–Crippen MR) is 107 cm³/mol. The van der Waals surface area contributed by atoms with Gasteiger partial charge < -0.3 is 14.7 Å². The second-order valence-corrected chi connectivity index (χ2v) is 8.02. The Hall–Kier alpha value is -2.94. The van der Waals surface area contributed by atoms with Crippen LogP contribution >= 0.6 is 23.5 Å². The summed E-state index contributed by atoms with van der Waals surface area (Å²) >= 11 is 2.78. The number of aliphatic carboxylic acids is 1. The molecule has 0 aromatic heterocycles. The summed E-state index contributed by atoms with van der Waals surface area (Å²) in [5, 5.41) is 39.3. The average Bonchev–Trinajstić information content (AvgIpc) is 3.36. The van der Waals surface area contributed by atoms with Crippen LogP contribution < -0.4 is 0 Å². The third-order valence-electron chi connectivity index (χ3n) is 4.18. The standard InChI is InChI=1S/C18H17N5O4S2/c19-9-13(14(10-20)17-22(4-7-28-17)2-1-16(25)26)15(11-21)18-23(5-8-29-18)3-6-27-12-24/h12H,1-8H2/p+1. The molecule has 0 spiro atoms. The van der Waals surface area contributed by atoms with Crippen molar-refractivity contribution < 1.29 is 24.0 Å². The number of carboxylic acid groups (broad SMARTS) is 1. The Balaban J connectivity index is 2.49. The van der Waals surface area contributed by atoms with E-state index in [4.69, 9.17) is 9.84 Å². The molecule has 29 heavy (non-hydrogen) atoms. The molecule has 1 saturated heterocycles. The first-order valence-corrected chi connectivity index (χ1v) is 10.6. The molecule has 0 radical (unpaired) electrons. The normalized spacial score (nSPS) is 18.4. The number of hydrogen-bond acceptors (Lipinski definition) is 9. The summed E-state index contributed by atoms with van der Waals surface area (Å²) < 4.78 is 6.50. The molecular weight excluding hydrogens is 414 g/mol. The molecule has 9 nitrogen and oxygen atoms in total. The van der Waals surface area contributed by atoms with Crippen molar-refractivity contribution in [2.75, 3.05) is 44.3 Å². The Bertz CT molecular complexity index is 905. The van der Waals surface area contributed by atoms with Gasteiger partial charge in [0.2, 0.25) is 0 Å². The number of thioether (sulfide) groups is 2. The fourth-order valence-corrected chi connectivity index (χ4v) is 5.20. The topological polar surface area (TPSA) is 141 Å². The van der Waals surface area contributed by atoms with Gasteiger partial charge in [-0.3, -0.25) is 9.59 Å². The Morgan fingerprint density at radius 2 is 2.03 bits per heavy atom. The summed E-state index contributed by atoms with van der Waals surface area (Å²) in [5.74, 6) is 0.430. The zero-order valence-corrected chi connectivity index (χ0v) is 17.1. The van der Waals surface area contributed by atoms with E-state index in [9.17, 15) is 25.4 Å². The molecule has 1 fully saturated rings. The molecule has 0 aromatic rings. The van der Waals surface area contributed by atoms with Crippen LogP contribution in [0.15, 0.2) is 21.7 Å². The van der Waals surface area contributed by atoms with Crippen molar-refractivity contribution >= 4 is 41.0 Å². The zero-order valence-electron chi connectivity index (χ0n) is 15.5. The minimum atomic E-state index is -0.945. The fraction of sp³-hybridized carbons (Fsp3) is 0.444. The van der Waals surface area contributed by atoms with Gasteiger partial charge in [-0.25, -0.2) is 4.58 Å². The number of carbonyl (C=O) groups is 2. The minimum absolute atomic E-state index is 0.0227. The quantitative estimate of drug-likeness (QED) is 0.242. The lowest BCUT2D eigenvalue weighted by atomic mass is 10.0. The molecule has 11 heteroatoms. The number of nitriles is 3. The van der Waals surface area contributed by atoms with E-state index in [-0.39, 0.29) is 36.3 Å². The highest BCUT2D eigenvalue weighted by Gasteiger charge is 2.33. The lowest BCUT2D eigenvalue weighted by Crippen LogP contribution is -2.24. The number of hydrogen-bond donors (Lipinski definition) is 1. The van der Waals surface area contributed by atoms with Crippen LogP contribution in [0.4, 0.5) is 0 Å². The van der Waals surface area contributed by atoms with Crippen LogP contribution in [-0.2, 0) is 14.3 Å². The molecule has 0 aromatic carbocycles. The number of ether oxygens (including phenoxy) is 1. The van der Waals surface area contributed by atoms with Gasteiger partial charge in [-0.2, -0.15) is 15.8 Å². The third-order valence-corrected chi connectivity index (χ3v) is 6.43. The van der Waals surface area contributed by atoms with Crippen LogP contribution in [0.1, 0.15) is 6.42 Å². The van der Waals surface area contributed by atoms with Gasteiger partial charge in [0.15, 0.2) is 13.1 Å². The van der Waals surface area contributed by atoms with Crippen LogP contribution in [0.5, 0.6) is 0 Å². The van der Waals surface area contributed by atoms with Crippen molar-refractivity contribution in [3.63, 3.8) is 0 Å². The second-order valence-electron chi connectivity index (χ2n) is 5.85. The number of carbonyl (C=O) groups excluding carboxylic acids is 1. The van der Waals surface area contributed by atoms with Gasteiger partial charge in [0.25, 0.3) is 11.5 Å². The lowest BCUT2D eigenvalue weighted by molar-refractivity contribution is -0.516. The molecule has 0 atom stereocenters. The Morgan fingerprint density at radius 3 is 2.66 bits per heavy atom. The van der Waals surface area contributed by atoms with Crippen LogP contribution in [0.25, 0.3) is 0 Å². The van der Waals surface area contributed by atoms with Gasteiger partial charge in [0, 0.05) is 12.3 Å². The molecule has 0 saturated carbocycles. The highest BCUT2D eigenvalue weighted by atomic mass is 32.2. The van der Waals surface area contributed by atoms with Gasteiger partial charge in [-0.15, -0.1) is 11.8 Å². The van der Waals surface area contributed by atoms with Crippen molar-refractivity contribution in [2.24, 2.45) is 0 Å². The summed E-state index contributed by atoms with van der Waals surface area (Å²) in [4.78, 5) is 23.1. The summed E-state index contributed by atoms with van der Waals surface area (Å²) in [5.41, 5.74) is 0.169. The van der Waals surface area contributed by atoms with Crippen molar-refractivity contribution in [1.29, 1.82) is 15.8 Å². The first-order valence-electron chi connectivity index (χ1n) is 8.66. The van der Waals surface area contributed by atoms with Crippen LogP contribution in [0, 0.1) is 34.0 Å². The highest BCUT2D eigenvalue weighted by molar-refractivity contribution is 8.14. The maximum absolute atomic E-state index is 10.9. The molecule has 0 amide bonds. The number of rotatable bonds is 9. The van der Waals surface area contributed by atoms with Crippen molar-refractivity contribution in [1.82, 2.24) is 4.90 Å². The van der Waals surface area contributed by atoms with E-state index in [1.165, 1.54) is 23.5 Å². The van der Waals surface area contributed by atoms with Gasteiger partial charge in [0.1, 0.15) is 42.4 Å². The first kappa shape index (κ1) is 22.4. The van der Waals surface area contributed by atoms with E-state index < -0.39 is 5.97 Å². The van der Waals surface area contributed by atoms with E-state index in [1.807, 2.05) is 17.0 Å². The maximum atomic E-state index is 10.9. The smallest absolute Gasteiger partial charge is 0.309 e. The SMILES string of the molecule is N#CC(=C1SCCN1CCOC=O)/C(C#N)=C(\C#N)C1=[N+](CCC(=O)O)CCS1. The molecule has 2 aliphatic rings. The van der Waals surface area contributed by atoms with Crippen LogP contribution in [0.2, 0.25) is 0 Å². The molecular formula is C18H18N5O4S2+. The van der Waals surface area contributed by atoms with Gasteiger partial charge >= 0.3 is 5.97 Å².